The molecule has 3 heteroatoms. The van der Waals surface area contributed by atoms with E-state index < -0.39 is 0 Å². The normalized spacial score (nSPS) is 9.25. The predicted molar refractivity (Wildman–Crippen MR) is 39.5 cm³/mol. The van der Waals surface area contributed by atoms with Gasteiger partial charge in [-0.3, -0.25) is 4.98 Å². The molecular formula is C5H5IN2. The van der Waals surface area contributed by atoms with Gasteiger partial charge in [-0.15, -0.1) is 0 Å². The maximum Gasteiger partial charge on any atom is 0.122 e. The summed E-state index contributed by atoms with van der Waals surface area (Å²) in [5.74, 6) is 0. The lowest BCUT2D eigenvalue weighted by Crippen LogP contribution is -1.86. The zero-order valence-electron chi connectivity index (χ0n) is 4.43. The van der Waals surface area contributed by atoms with Gasteiger partial charge in [-0.05, 0) is 29.5 Å². The monoisotopic (exact) mass is 220 g/mol. The number of hydrogen-bond donors (Lipinski definition) is 0. The fraction of sp³-hybridized carbons (Fsp3) is 0.200. The van der Waals surface area contributed by atoms with Crippen molar-refractivity contribution in [2.45, 2.75) is 6.92 Å². The van der Waals surface area contributed by atoms with Crippen LogP contribution in [0.2, 0.25) is 0 Å². The lowest BCUT2D eigenvalue weighted by Gasteiger charge is -1.89. The van der Waals surface area contributed by atoms with Gasteiger partial charge in [0.25, 0.3) is 0 Å². The van der Waals surface area contributed by atoms with Gasteiger partial charge in [-0.25, -0.2) is 4.98 Å². The van der Waals surface area contributed by atoms with Crippen LogP contribution in [0.15, 0.2) is 12.4 Å². The van der Waals surface area contributed by atoms with Crippen LogP contribution in [-0.2, 0) is 0 Å². The molecule has 1 heterocycles. The van der Waals surface area contributed by atoms with Gasteiger partial charge in [0, 0.05) is 12.4 Å². The zero-order valence-corrected chi connectivity index (χ0v) is 6.58. The van der Waals surface area contributed by atoms with Crippen LogP contribution in [0.3, 0.4) is 0 Å². The lowest BCUT2D eigenvalue weighted by atomic mass is 10.5. The molecule has 0 saturated carbocycles. The van der Waals surface area contributed by atoms with E-state index in [4.69, 9.17) is 0 Å². The quantitative estimate of drug-likeness (QED) is 0.617. The second kappa shape index (κ2) is 2.39. The lowest BCUT2D eigenvalue weighted by molar-refractivity contribution is 1.08. The topological polar surface area (TPSA) is 25.8 Å². The van der Waals surface area contributed by atoms with E-state index in [0.29, 0.717) is 0 Å². The number of aryl methyl sites for hydroxylation is 1. The number of halogens is 1. The van der Waals surface area contributed by atoms with Crippen LogP contribution >= 0.6 is 22.6 Å². The fourth-order valence-corrected chi connectivity index (χ4v) is 0.691. The van der Waals surface area contributed by atoms with Gasteiger partial charge in [0.05, 0.1) is 5.69 Å². The smallest absolute Gasteiger partial charge is 0.122 e. The molecule has 0 aliphatic rings. The minimum atomic E-state index is 0.977. The van der Waals surface area contributed by atoms with Crippen LogP contribution in [0.4, 0.5) is 0 Å². The second-order valence-corrected chi connectivity index (χ2v) is 2.45. The third kappa shape index (κ3) is 1.15. The fourth-order valence-electron chi connectivity index (χ4n) is 0.391. The molecular weight excluding hydrogens is 215 g/mol. The zero-order chi connectivity index (χ0) is 5.98. The molecule has 0 unspecified atom stereocenters. The number of nitrogens with zero attached hydrogens (tertiary/aromatic N) is 2. The molecule has 0 spiro atoms. The van der Waals surface area contributed by atoms with Gasteiger partial charge in [-0.1, -0.05) is 0 Å². The van der Waals surface area contributed by atoms with Crippen LogP contribution in [0.25, 0.3) is 0 Å². The second-order valence-electron chi connectivity index (χ2n) is 1.43. The Morgan fingerprint density at radius 1 is 1.38 bits per heavy atom. The molecule has 1 aromatic rings. The molecule has 0 aromatic carbocycles. The van der Waals surface area contributed by atoms with E-state index in [-0.39, 0.29) is 0 Å². The molecule has 0 aliphatic carbocycles. The highest BCUT2D eigenvalue weighted by atomic mass is 127. The Hall–Kier alpha value is -0.190. The van der Waals surface area contributed by atoms with E-state index in [2.05, 4.69) is 32.6 Å². The molecule has 0 atom stereocenters. The maximum atomic E-state index is 4.01. The van der Waals surface area contributed by atoms with E-state index in [9.17, 15) is 0 Å². The molecule has 0 radical (unpaired) electrons. The molecule has 0 fully saturated rings. The van der Waals surface area contributed by atoms with Crippen molar-refractivity contribution < 1.29 is 0 Å². The third-order valence-electron chi connectivity index (χ3n) is 0.821. The minimum Gasteiger partial charge on any atom is -0.257 e. The highest BCUT2D eigenvalue weighted by Crippen LogP contribution is 2.00. The standard InChI is InChI=1S/C5H5IN2/c1-4-5(6)8-3-2-7-4/h2-3H,1H3. The average Bonchev–Trinajstić information content (AvgIpc) is 1.77. The van der Waals surface area contributed by atoms with E-state index in [1.54, 1.807) is 12.4 Å². The Morgan fingerprint density at radius 3 is 2.38 bits per heavy atom. The van der Waals surface area contributed by atoms with E-state index in [0.717, 1.165) is 9.39 Å². The predicted octanol–water partition coefficient (Wildman–Crippen LogP) is 1.39. The summed E-state index contributed by atoms with van der Waals surface area (Å²) in [5.41, 5.74) is 0.994. The first-order chi connectivity index (χ1) is 3.80. The molecule has 0 bridgehead atoms. The summed E-state index contributed by atoms with van der Waals surface area (Å²) in [4.78, 5) is 8.01. The number of rotatable bonds is 0. The molecule has 2 nitrogen and oxygen atoms in total. The van der Waals surface area contributed by atoms with E-state index in [1.807, 2.05) is 6.92 Å². The maximum absolute atomic E-state index is 4.01. The van der Waals surface area contributed by atoms with Gasteiger partial charge >= 0.3 is 0 Å². The highest BCUT2D eigenvalue weighted by Gasteiger charge is 1.89. The van der Waals surface area contributed by atoms with Crippen LogP contribution in [0.1, 0.15) is 5.69 Å². The molecule has 1 rings (SSSR count). The molecule has 0 aliphatic heterocycles. The molecule has 1 aromatic heterocycles. The Labute approximate surface area is 61.5 Å². The van der Waals surface area contributed by atoms with Crippen molar-refractivity contribution in [3.63, 3.8) is 0 Å². The summed E-state index contributed by atoms with van der Waals surface area (Å²) in [6, 6.07) is 0. The van der Waals surface area contributed by atoms with Gasteiger partial charge in [0.2, 0.25) is 0 Å². The van der Waals surface area contributed by atoms with E-state index in [1.165, 1.54) is 0 Å². The first-order valence-corrected chi connectivity index (χ1v) is 3.31. The Bertz CT molecular complexity index is 167. The minimum absolute atomic E-state index is 0.977. The molecule has 0 amide bonds. The summed E-state index contributed by atoms with van der Waals surface area (Å²) in [5, 5.41) is 0. The highest BCUT2D eigenvalue weighted by molar-refractivity contribution is 14.1. The van der Waals surface area contributed by atoms with Crippen molar-refractivity contribution in [3.05, 3.63) is 21.8 Å². The van der Waals surface area contributed by atoms with Crippen molar-refractivity contribution in [2.75, 3.05) is 0 Å². The molecule has 8 heavy (non-hydrogen) atoms. The van der Waals surface area contributed by atoms with Crippen molar-refractivity contribution in [3.8, 4) is 0 Å². The summed E-state index contributed by atoms with van der Waals surface area (Å²) in [6.45, 7) is 1.94. The Morgan fingerprint density at radius 2 is 2.00 bits per heavy atom. The first-order valence-electron chi connectivity index (χ1n) is 2.24. The van der Waals surface area contributed by atoms with Crippen LogP contribution in [0.5, 0.6) is 0 Å². The van der Waals surface area contributed by atoms with E-state index >= 15 is 0 Å². The number of aromatic nitrogens is 2. The van der Waals surface area contributed by atoms with Gasteiger partial charge in [0.1, 0.15) is 3.70 Å². The molecule has 42 valence electrons. The van der Waals surface area contributed by atoms with Crippen LogP contribution in [0, 0.1) is 10.6 Å². The number of hydrogen-bond acceptors (Lipinski definition) is 2. The van der Waals surface area contributed by atoms with Crippen molar-refractivity contribution in [1.29, 1.82) is 0 Å². The third-order valence-corrected chi connectivity index (χ3v) is 1.88. The van der Waals surface area contributed by atoms with Crippen LogP contribution < -0.4 is 0 Å². The van der Waals surface area contributed by atoms with Crippen molar-refractivity contribution in [2.24, 2.45) is 0 Å². The van der Waals surface area contributed by atoms with Gasteiger partial charge in [0.15, 0.2) is 0 Å². The van der Waals surface area contributed by atoms with Crippen molar-refractivity contribution >= 4 is 22.6 Å². The van der Waals surface area contributed by atoms with Crippen LogP contribution in [-0.4, -0.2) is 9.97 Å². The molecule has 0 N–H and O–H groups in total. The Kier molecular flexibility index (Phi) is 1.77. The van der Waals surface area contributed by atoms with Gasteiger partial charge in [-0.2, -0.15) is 0 Å². The van der Waals surface area contributed by atoms with Crippen molar-refractivity contribution in [1.82, 2.24) is 9.97 Å². The molecule has 0 saturated heterocycles. The average molecular weight is 220 g/mol. The summed E-state index contributed by atoms with van der Waals surface area (Å²) in [7, 11) is 0. The SMILES string of the molecule is Cc1nccnc1I. The largest absolute Gasteiger partial charge is 0.257 e. The summed E-state index contributed by atoms with van der Waals surface area (Å²) in [6.07, 6.45) is 3.38. The van der Waals surface area contributed by atoms with Gasteiger partial charge < -0.3 is 0 Å². The Balaban J connectivity index is 3.13. The summed E-state index contributed by atoms with van der Waals surface area (Å²) < 4.78 is 0.977. The summed E-state index contributed by atoms with van der Waals surface area (Å²) >= 11 is 2.15. The first kappa shape index (κ1) is 5.94.